The Labute approximate surface area is 110 Å². The van der Waals surface area contributed by atoms with Crippen molar-refractivity contribution in [2.75, 3.05) is 0 Å². The Hall–Kier alpha value is -2.47. The van der Waals surface area contributed by atoms with Gasteiger partial charge in [0.15, 0.2) is 5.69 Å². The third-order valence-electron chi connectivity index (χ3n) is 2.60. The molecule has 0 radical (unpaired) electrons. The molecule has 0 fully saturated rings. The van der Waals surface area contributed by atoms with Crippen molar-refractivity contribution in [1.29, 1.82) is 0 Å². The van der Waals surface area contributed by atoms with Gasteiger partial charge < -0.3 is 16.2 Å². The molecule has 1 aromatic carbocycles. The van der Waals surface area contributed by atoms with E-state index in [0.29, 0.717) is 18.2 Å². The van der Waals surface area contributed by atoms with Gasteiger partial charge in [0.05, 0.1) is 0 Å². The number of hydrogen-bond acceptors (Lipinski definition) is 5. The predicted octanol–water partition coefficient (Wildman–Crippen LogP) is 1.13. The Morgan fingerprint density at radius 1 is 1.26 bits per heavy atom. The normalized spacial score (nSPS) is 10.2. The predicted molar refractivity (Wildman–Crippen MR) is 69.7 cm³/mol. The SMILES string of the molecule is Cc1ccc(CN)cc1Oc1ccc(C(N)=O)nn1. The van der Waals surface area contributed by atoms with Gasteiger partial charge in [-0.15, -0.1) is 10.2 Å². The van der Waals surface area contributed by atoms with Crippen LogP contribution >= 0.6 is 0 Å². The van der Waals surface area contributed by atoms with E-state index in [4.69, 9.17) is 16.2 Å². The van der Waals surface area contributed by atoms with E-state index in [1.54, 1.807) is 6.07 Å². The molecule has 0 saturated carbocycles. The molecule has 1 heterocycles. The van der Waals surface area contributed by atoms with Crippen LogP contribution in [0.25, 0.3) is 0 Å². The molecule has 0 atom stereocenters. The standard InChI is InChI=1S/C13H14N4O2/c1-8-2-3-9(7-14)6-11(8)19-12-5-4-10(13(15)18)16-17-12/h2-6H,7,14H2,1H3,(H2,15,18). The molecule has 0 aliphatic heterocycles. The fourth-order valence-electron chi connectivity index (χ4n) is 1.50. The first-order chi connectivity index (χ1) is 9.10. The van der Waals surface area contributed by atoms with Crippen molar-refractivity contribution in [1.82, 2.24) is 10.2 Å². The van der Waals surface area contributed by atoms with Crippen LogP contribution in [0.4, 0.5) is 0 Å². The van der Waals surface area contributed by atoms with E-state index in [0.717, 1.165) is 11.1 Å². The van der Waals surface area contributed by atoms with Crippen LogP contribution < -0.4 is 16.2 Å². The van der Waals surface area contributed by atoms with Gasteiger partial charge in [-0.2, -0.15) is 0 Å². The summed E-state index contributed by atoms with van der Waals surface area (Å²) < 4.78 is 5.61. The van der Waals surface area contributed by atoms with Crippen LogP contribution in [0.3, 0.4) is 0 Å². The zero-order valence-electron chi connectivity index (χ0n) is 10.5. The van der Waals surface area contributed by atoms with Gasteiger partial charge in [0.2, 0.25) is 5.88 Å². The van der Waals surface area contributed by atoms with Gasteiger partial charge in [-0.3, -0.25) is 4.79 Å². The lowest BCUT2D eigenvalue weighted by atomic mass is 10.1. The van der Waals surface area contributed by atoms with Crippen LogP contribution in [0.1, 0.15) is 21.6 Å². The molecule has 6 heteroatoms. The number of nitrogens with two attached hydrogens (primary N) is 2. The summed E-state index contributed by atoms with van der Waals surface area (Å²) in [5.41, 5.74) is 12.7. The number of ether oxygens (including phenoxy) is 1. The Morgan fingerprint density at radius 2 is 2.05 bits per heavy atom. The molecular formula is C13H14N4O2. The summed E-state index contributed by atoms with van der Waals surface area (Å²) in [7, 11) is 0. The maximum absolute atomic E-state index is 10.9. The second-order valence-electron chi connectivity index (χ2n) is 4.03. The van der Waals surface area contributed by atoms with E-state index in [1.807, 2.05) is 25.1 Å². The van der Waals surface area contributed by atoms with E-state index in [9.17, 15) is 4.79 Å². The van der Waals surface area contributed by atoms with Gasteiger partial charge >= 0.3 is 0 Å². The summed E-state index contributed by atoms with van der Waals surface area (Å²) in [6, 6.07) is 8.71. The Bertz CT molecular complexity index is 596. The number of hydrogen-bond donors (Lipinski definition) is 2. The molecule has 19 heavy (non-hydrogen) atoms. The first-order valence-corrected chi connectivity index (χ1v) is 5.71. The minimum atomic E-state index is -0.625. The molecule has 1 aromatic heterocycles. The average molecular weight is 258 g/mol. The Morgan fingerprint density at radius 3 is 2.63 bits per heavy atom. The molecular weight excluding hydrogens is 244 g/mol. The number of aryl methyl sites for hydroxylation is 1. The molecule has 98 valence electrons. The Kier molecular flexibility index (Phi) is 3.72. The summed E-state index contributed by atoms with van der Waals surface area (Å²) in [6.45, 7) is 2.35. The fourth-order valence-corrected chi connectivity index (χ4v) is 1.50. The van der Waals surface area contributed by atoms with Gasteiger partial charge in [-0.1, -0.05) is 12.1 Å². The molecule has 4 N–H and O–H groups in total. The van der Waals surface area contributed by atoms with Gasteiger partial charge in [0.25, 0.3) is 5.91 Å². The topological polar surface area (TPSA) is 104 Å². The highest BCUT2D eigenvalue weighted by Gasteiger charge is 2.06. The van der Waals surface area contributed by atoms with Gasteiger partial charge in [-0.25, -0.2) is 0 Å². The van der Waals surface area contributed by atoms with Crippen molar-refractivity contribution in [3.63, 3.8) is 0 Å². The summed E-state index contributed by atoms with van der Waals surface area (Å²) >= 11 is 0. The van der Waals surface area contributed by atoms with Crippen molar-refractivity contribution < 1.29 is 9.53 Å². The minimum absolute atomic E-state index is 0.0970. The molecule has 0 unspecified atom stereocenters. The maximum atomic E-state index is 10.9. The lowest BCUT2D eigenvalue weighted by molar-refractivity contribution is 0.0994. The molecule has 0 spiro atoms. The second-order valence-corrected chi connectivity index (χ2v) is 4.03. The first kappa shape index (κ1) is 13.0. The van der Waals surface area contributed by atoms with Crippen LogP contribution in [0.5, 0.6) is 11.6 Å². The Balaban J connectivity index is 2.23. The van der Waals surface area contributed by atoms with E-state index in [1.165, 1.54) is 6.07 Å². The van der Waals surface area contributed by atoms with E-state index in [2.05, 4.69) is 10.2 Å². The van der Waals surface area contributed by atoms with Crippen molar-refractivity contribution >= 4 is 5.91 Å². The smallest absolute Gasteiger partial charge is 0.269 e. The lowest BCUT2D eigenvalue weighted by Gasteiger charge is -2.09. The monoisotopic (exact) mass is 258 g/mol. The van der Waals surface area contributed by atoms with Crippen molar-refractivity contribution in [2.45, 2.75) is 13.5 Å². The van der Waals surface area contributed by atoms with E-state index in [-0.39, 0.29) is 5.69 Å². The van der Waals surface area contributed by atoms with Crippen LogP contribution in [0.15, 0.2) is 30.3 Å². The molecule has 2 aromatic rings. The molecule has 1 amide bonds. The van der Waals surface area contributed by atoms with Gasteiger partial charge in [0, 0.05) is 12.6 Å². The lowest BCUT2D eigenvalue weighted by Crippen LogP contribution is -2.13. The quantitative estimate of drug-likeness (QED) is 0.855. The molecule has 0 aliphatic rings. The number of aromatic nitrogens is 2. The van der Waals surface area contributed by atoms with Crippen molar-refractivity contribution in [3.05, 3.63) is 47.2 Å². The number of primary amides is 1. The van der Waals surface area contributed by atoms with E-state index < -0.39 is 5.91 Å². The van der Waals surface area contributed by atoms with Crippen LogP contribution in [-0.4, -0.2) is 16.1 Å². The minimum Gasteiger partial charge on any atom is -0.437 e. The molecule has 6 nitrogen and oxygen atoms in total. The van der Waals surface area contributed by atoms with Crippen molar-refractivity contribution in [3.8, 4) is 11.6 Å². The summed E-state index contributed by atoms with van der Waals surface area (Å²) in [6.07, 6.45) is 0. The summed E-state index contributed by atoms with van der Waals surface area (Å²) in [5, 5.41) is 7.46. The summed E-state index contributed by atoms with van der Waals surface area (Å²) in [5.74, 6) is 0.326. The molecule has 0 bridgehead atoms. The highest BCUT2D eigenvalue weighted by molar-refractivity contribution is 5.90. The summed E-state index contributed by atoms with van der Waals surface area (Å²) in [4.78, 5) is 10.9. The number of nitrogens with zero attached hydrogens (tertiary/aromatic N) is 2. The zero-order chi connectivity index (χ0) is 13.8. The number of carbonyl (C=O) groups excluding carboxylic acids is 1. The van der Waals surface area contributed by atoms with Crippen LogP contribution in [0.2, 0.25) is 0 Å². The number of rotatable bonds is 4. The van der Waals surface area contributed by atoms with E-state index >= 15 is 0 Å². The number of amides is 1. The third-order valence-corrected chi connectivity index (χ3v) is 2.60. The average Bonchev–Trinajstić information content (AvgIpc) is 2.42. The highest BCUT2D eigenvalue weighted by atomic mass is 16.5. The maximum Gasteiger partial charge on any atom is 0.269 e. The number of benzene rings is 1. The molecule has 2 rings (SSSR count). The van der Waals surface area contributed by atoms with Crippen LogP contribution in [-0.2, 0) is 6.54 Å². The first-order valence-electron chi connectivity index (χ1n) is 5.71. The highest BCUT2D eigenvalue weighted by Crippen LogP contribution is 2.24. The largest absolute Gasteiger partial charge is 0.437 e. The van der Waals surface area contributed by atoms with Crippen LogP contribution in [0, 0.1) is 6.92 Å². The second kappa shape index (κ2) is 5.45. The third kappa shape index (κ3) is 3.05. The molecule has 0 saturated heterocycles. The number of carbonyl (C=O) groups is 1. The molecule has 0 aliphatic carbocycles. The fraction of sp³-hybridized carbons (Fsp3) is 0.154. The van der Waals surface area contributed by atoms with Gasteiger partial charge in [-0.05, 0) is 30.2 Å². The van der Waals surface area contributed by atoms with Gasteiger partial charge in [0.1, 0.15) is 5.75 Å². The van der Waals surface area contributed by atoms with Crippen molar-refractivity contribution in [2.24, 2.45) is 11.5 Å². The zero-order valence-corrected chi connectivity index (χ0v) is 10.5.